The Kier molecular flexibility index (Phi) is 6.34. The standard InChI is InChI=1S/C24H21F2N3O4S/c1-3-10-34(31,32)29-19-9-8-18(25)21(22(19)26)23(30)17-13-28-24-16(17)11-14(12-27-24)15-6-4-5-7-20(15)33-2/h4-9,11-13,29H,3,10H2,1-2H3,(H,27,28). The van der Waals surface area contributed by atoms with Gasteiger partial charge in [-0.1, -0.05) is 25.1 Å². The van der Waals surface area contributed by atoms with Crippen LogP contribution in [-0.2, 0) is 10.0 Å². The number of anilines is 1. The van der Waals surface area contributed by atoms with Crippen LogP contribution in [0.5, 0.6) is 5.75 Å². The topological polar surface area (TPSA) is 101 Å². The molecule has 0 amide bonds. The number of rotatable bonds is 8. The van der Waals surface area contributed by atoms with Gasteiger partial charge in [-0.3, -0.25) is 9.52 Å². The number of sulfonamides is 1. The first-order valence-electron chi connectivity index (χ1n) is 10.4. The summed E-state index contributed by atoms with van der Waals surface area (Å²) in [7, 11) is -2.31. The number of nitrogens with zero attached hydrogens (tertiary/aromatic N) is 1. The number of para-hydroxylation sites is 1. The molecule has 0 spiro atoms. The fourth-order valence-electron chi connectivity index (χ4n) is 3.68. The van der Waals surface area contributed by atoms with E-state index in [1.807, 2.05) is 18.2 Å². The summed E-state index contributed by atoms with van der Waals surface area (Å²) in [5, 5.41) is 0.351. The number of carbonyl (C=O) groups excluding carboxylic acids is 1. The summed E-state index contributed by atoms with van der Waals surface area (Å²) >= 11 is 0. The minimum absolute atomic E-state index is 0.00869. The molecule has 0 bridgehead atoms. The predicted octanol–water partition coefficient (Wildman–Crippen LogP) is 4.90. The van der Waals surface area contributed by atoms with Crippen LogP contribution in [0, 0.1) is 11.6 Å². The lowest BCUT2D eigenvalue weighted by atomic mass is 9.99. The highest BCUT2D eigenvalue weighted by Gasteiger charge is 2.26. The zero-order valence-electron chi connectivity index (χ0n) is 18.4. The number of methoxy groups -OCH3 is 1. The number of halogens is 2. The number of aromatic nitrogens is 2. The molecule has 0 saturated carbocycles. The monoisotopic (exact) mass is 485 g/mol. The maximum absolute atomic E-state index is 15.2. The van der Waals surface area contributed by atoms with Gasteiger partial charge in [0.15, 0.2) is 5.82 Å². The first-order chi connectivity index (χ1) is 16.3. The number of hydrogen-bond acceptors (Lipinski definition) is 5. The molecule has 2 N–H and O–H groups in total. The summed E-state index contributed by atoms with van der Waals surface area (Å²) in [6.45, 7) is 1.65. The number of ketones is 1. The number of carbonyl (C=O) groups is 1. The predicted molar refractivity (Wildman–Crippen MR) is 126 cm³/mol. The molecular formula is C24H21F2N3O4S. The fraction of sp³-hybridized carbons (Fsp3) is 0.167. The van der Waals surface area contributed by atoms with Crippen molar-refractivity contribution in [2.75, 3.05) is 17.6 Å². The van der Waals surface area contributed by atoms with E-state index in [4.69, 9.17) is 4.74 Å². The van der Waals surface area contributed by atoms with E-state index in [1.54, 1.807) is 25.3 Å². The summed E-state index contributed by atoms with van der Waals surface area (Å²) in [5.41, 5.74) is 0.351. The Balaban J connectivity index is 1.80. The van der Waals surface area contributed by atoms with E-state index in [0.29, 0.717) is 28.8 Å². The van der Waals surface area contributed by atoms with Gasteiger partial charge in [0.1, 0.15) is 17.2 Å². The van der Waals surface area contributed by atoms with Gasteiger partial charge < -0.3 is 9.72 Å². The molecule has 0 aliphatic rings. The van der Waals surface area contributed by atoms with E-state index >= 15 is 4.39 Å². The SMILES string of the molecule is CCCS(=O)(=O)Nc1ccc(F)c(C(=O)c2c[nH]c3ncc(-c4ccccc4OC)cc23)c1F. The lowest BCUT2D eigenvalue weighted by Gasteiger charge is -2.11. The molecule has 0 aliphatic carbocycles. The Bertz CT molecular complexity index is 1500. The minimum atomic E-state index is -3.85. The number of H-pyrrole nitrogens is 1. The molecule has 10 heteroatoms. The van der Waals surface area contributed by atoms with Gasteiger partial charge in [0.2, 0.25) is 15.8 Å². The zero-order valence-corrected chi connectivity index (χ0v) is 19.2. The van der Waals surface area contributed by atoms with Crippen LogP contribution in [0.25, 0.3) is 22.2 Å². The van der Waals surface area contributed by atoms with Crippen molar-refractivity contribution >= 4 is 32.5 Å². The fourth-order valence-corrected chi connectivity index (χ4v) is 4.82. The second kappa shape index (κ2) is 9.22. The molecule has 2 aromatic carbocycles. The number of aromatic amines is 1. The van der Waals surface area contributed by atoms with Crippen LogP contribution in [-0.4, -0.2) is 37.0 Å². The second-order valence-corrected chi connectivity index (χ2v) is 9.40. The number of ether oxygens (including phenoxy) is 1. The Morgan fingerprint density at radius 3 is 2.68 bits per heavy atom. The zero-order chi connectivity index (χ0) is 24.5. The van der Waals surface area contributed by atoms with Gasteiger partial charge in [-0.25, -0.2) is 22.2 Å². The maximum atomic E-state index is 15.2. The number of fused-ring (bicyclic) bond motifs is 1. The normalized spacial score (nSPS) is 11.5. The van der Waals surface area contributed by atoms with Gasteiger partial charge in [-0.2, -0.15) is 0 Å². The Hall–Kier alpha value is -3.79. The molecule has 0 saturated heterocycles. The average Bonchev–Trinajstić information content (AvgIpc) is 3.24. The average molecular weight is 486 g/mol. The lowest BCUT2D eigenvalue weighted by Crippen LogP contribution is -2.18. The molecule has 176 valence electrons. The van der Waals surface area contributed by atoms with Crippen LogP contribution in [0.3, 0.4) is 0 Å². The number of benzene rings is 2. The summed E-state index contributed by atoms with van der Waals surface area (Å²) in [4.78, 5) is 20.4. The van der Waals surface area contributed by atoms with Crippen molar-refractivity contribution in [1.29, 1.82) is 0 Å². The Labute approximate surface area is 194 Å². The van der Waals surface area contributed by atoms with Crippen molar-refractivity contribution < 1.29 is 26.7 Å². The van der Waals surface area contributed by atoms with Crippen molar-refractivity contribution in [2.45, 2.75) is 13.3 Å². The Morgan fingerprint density at radius 1 is 1.18 bits per heavy atom. The number of nitrogens with one attached hydrogen (secondary N) is 2. The highest BCUT2D eigenvalue weighted by atomic mass is 32.2. The lowest BCUT2D eigenvalue weighted by molar-refractivity contribution is 0.103. The molecule has 4 rings (SSSR count). The van der Waals surface area contributed by atoms with E-state index in [0.717, 1.165) is 17.7 Å². The van der Waals surface area contributed by atoms with Gasteiger partial charge in [-0.15, -0.1) is 0 Å². The molecule has 0 unspecified atom stereocenters. The number of hydrogen-bond donors (Lipinski definition) is 2. The van der Waals surface area contributed by atoms with E-state index in [-0.39, 0.29) is 11.3 Å². The molecule has 7 nitrogen and oxygen atoms in total. The van der Waals surface area contributed by atoms with Crippen LogP contribution in [0.1, 0.15) is 29.3 Å². The third kappa shape index (κ3) is 4.36. The summed E-state index contributed by atoms with van der Waals surface area (Å²) < 4.78 is 61.4. The highest BCUT2D eigenvalue weighted by Crippen LogP contribution is 2.33. The van der Waals surface area contributed by atoms with Gasteiger partial charge in [0.05, 0.1) is 24.1 Å². The van der Waals surface area contributed by atoms with Crippen LogP contribution >= 0.6 is 0 Å². The highest BCUT2D eigenvalue weighted by molar-refractivity contribution is 7.92. The van der Waals surface area contributed by atoms with E-state index in [1.165, 1.54) is 13.3 Å². The van der Waals surface area contributed by atoms with Crippen LogP contribution in [0.2, 0.25) is 0 Å². The summed E-state index contributed by atoms with van der Waals surface area (Å²) in [6, 6.07) is 10.7. The first-order valence-corrected chi connectivity index (χ1v) is 12.0. The maximum Gasteiger partial charge on any atom is 0.232 e. The molecule has 0 atom stereocenters. The van der Waals surface area contributed by atoms with Crippen molar-refractivity contribution in [1.82, 2.24) is 9.97 Å². The molecule has 0 aliphatic heterocycles. The van der Waals surface area contributed by atoms with Crippen LogP contribution in [0.15, 0.2) is 54.9 Å². The molecule has 2 aromatic heterocycles. The summed E-state index contributed by atoms with van der Waals surface area (Å²) in [6.07, 6.45) is 3.22. The number of pyridine rings is 1. The van der Waals surface area contributed by atoms with Gasteiger partial charge in [0.25, 0.3) is 0 Å². The van der Waals surface area contributed by atoms with Crippen molar-refractivity contribution in [3.8, 4) is 16.9 Å². The molecule has 34 heavy (non-hydrogen) atoms. The van der Waals surface area contributed by atoms with Crippen LogP contribution < -0.4 is 9.46 Å². The quantitative estimate of drug-likeness (QED) is 0.346. The largest absolute Gasteiger partial charge is 0.496 e. The Morgan fingerprint density at radius 2 is 1.94 bits per heavy atom. The summed E-state index contributed by atoms with van der Waals surface area (Å²) in [5.74, 6) is -2.99. The van der Waals surface area contributed by atoms with Crippen molar-refractivity contribution in [2.24, 2.45) is 0 Å². The third-order valence-corrected chi connectivity index (χ3v) is 6.73. The smallest absolute Gasteiger partial charge is 0.232 e. The van der Waals surface area contributed by atoms with E-state index in [9.17, 15) is 17.6 Å². The van der Waals surface area contributed by atoms with Gasteiger partial charge in [-0.05, 0) is 30.7 Å². The molecule has 2 heterocycles. The molecule has 0 radical (unpaired) electrons. The first kappa shape index (κ1) is 23.4. The van der Waals surface area contributed by atoms with Gasteiger partial charge in [0, 0.05) is 34.5 Å². The van der Waals surface area contributed by atoms with Crippen molar-refractivity contribution in [3.05, 3.63) is 77.6 Å². The van der Waals surface area contributed by atoms with E-state index in [2.05, 4.69) is 14.7 Å². The molecular weight excluding hydrogens is 464 g/mol. The third-order valence-electron chi connectivity index (χ3n) is 5.25. The molecule has 0 fully saturated rings. The van der Waals surface area contributed by atoms with Crippen molar-refractivity contribution in [3.63, 3.8) is 0 Å². The minimum Gasteiger partial charge on any atom is -0.496 e. The molecule has 4 aromatic rings. The van der Waals surface area contributed by atoms with Crippen LogP contribution in [0.4, 0.5) is 14.5 Å². The van der Waals surface area contributed by atoms with Gasteiger partial charge >= 0.3 is 0 Å². The second-order valence-electron chi connectivity index (χ2n) is 7.56. The van der Waals surface area contributed by atoms with E-state index < -0.39 is 38.7 Å².